The number of carbonyl (C=O) groups excluding carboxylic acids is 2. The van der Waals surface area contributed by atoms with Crippen LogP contribution < -0.4 is 0 Å². The van der Waals surface area contributed by atoms with Crippen molar-refractivity contribution in [3.05, 3.63) is 35.9 Å². The number of rotatable bonds is 3. The lowest BCUT2D eigenvalue weighted by Gasteiger charge is -2.46. The van der Waals surface area contributed by atoms with Gasteiger partial charge in [0, 0.05) is 7.05 Å². The van der Waals surface area contributed by atoms with Crippen LogP contribution in [0.15, 0.2) is 30.3 Å². The Morgan fingerprint density at radius 2 is 1.88 bits per heavy atom. The maximum atomic E-state index is 12.9. The molecule has 2 rings (SSSR count). The molecule has 0 aliphatic carbocycles. The third-order valence-electron chi connectivity index (χ3n) is 4.27. The molecule has 1 aromatic rings. The number of ether oxygens (including phenoxy) is 2. The first-order valence-electron chi connectivity index (χ1n) is 8.91. The molecule has 0 spiro atoms. The molecular formula is C20H30N2O4. The van der Waals surface area contributed by atoms with E-state index in [1.54, 1.807) is 32.7 Å². The zero-order chi connectivity index (χ0) is 19.5. The Labute approximate surface area is 156 Å². The Hall–Kier alpha value is -2.08. The van der Waals surface area contributed by atoms with Crippen molar-refractivity contribution in [2.75, 3.05) is 26.7 Å². The van der Waals surface area contributed by atoms with E-state index in [9.17, 15) is 9.59 Å². The Kier molecular flexibility index (Phi) is 5.96. The fraction of sp³-hybridized carbons (Fsp3) is 0.600. The van der Waals surface area contributed by atoms with Crippen LogP contribution in [0.3, 0.4) is 0 Å². The summed E-state index contributed by atoms with van der Waals surface area (Å²) in [6, 6.07) is 9.87. The molecule has 144 valence electrons. The monoisotopic (exact) mass is 362 g/mol. The van der Waals surface area contributed by atoms with Gasteiger partial charge in [-0.05, 0) is 40.2 Å². The molecule has 1 heterocycles. The van der Waals surface area contributed by atoms with Crippen LogP contribution >= 0.6 is 0 Å². The normalized spacial score (nSPS) is 19.8. The van der Waals surface area contributed by atoms with Gasteiger partial charge in [-0.3, -0.25) is 4.79 Å². The minimum atomic E-state index is -0.592. The first-order chi connectivity index (χ1) is 12.0. The maximum absolute atomic E-state index is 12.9. The van der Waals surface area contributed by atoms with Crippen LogP contribution in [0.5, 0.6) is 0 Å². The third kappa shape index (κ3) is 5.21. The summed E-state index contributed by atoms with van der Waals surface area (Å²) in [6.07, 6.45) is -0.670. The number of nitrogens with zero attached hydrogens (tertiary/aromatic N) is 2. The van der Waals surface area contributed by atoms with E-state index in [4.69, 9.17) is 9.47 Å². The Morgan fingerprint density at radius 1 is 1.27 bits per heavy atom. The number of benzene rings is 1. The largest absolute Gasteiger partial charge is 0.444 e. The van der Waals surface area contributed by atoms with E-state index in [-0.39, 0.29) is 18.6 Å². The van der Waals surface area contributed by atoms with Crippen LogP contribution in [-0.4, -0.2) is 59.7 Å². The molecular weight excluding hydrogens is 332 g/mol. The average molecular weight is 362 g/mol. The van der Waals surface area contributed by atoms with E-state index in [1.807, 2.05) is 44.2 Å². The van der Waals surface area contributed by atoms with E-state index in [0.29, 0.717) is 13.2 Å². The van der Waals surface area contributed by atoms with Gasteiger partial charge in [0.05, 0.1) is 18.7 Å². The SMILES string of the molecule is CN(CC(=O)N1CC(c2ccccc2)OCC1(C)C)C(=O)OC(C)(C)C. The number of likely N-dealkylation sites (N-methyl/N-ethyl adjacent to an activating group) is 1. The lowest BCUT2D eigenvalue weighted by Crippen LogP contribution is -2.58. The van der Waals surface area contributed by atoms with E-state index < -0.39 is 17.2 Å². The first kappa shape index (κ1) is 20.2. The molecule has 6 nitrogen and oxygen atoms in total. The lowest BCUT2D eigenvalue weighted by atomic mass is 9.98. The zero-order valence-electron chi connectivity index (χ0n) is 16.6. The van der Waals surface area contributed by atoms with Crippen molar-refractivity contribution in [3.63, 3.8) is 0 Å². The molecule has 0 bridgehead atoms. The summed E-state index contributed by atoms with van der Waals surface area (Å²) in [5.41, 5.74) is 0.0172. The van der Waals surface area contributed by atoms with Gasteiger partial charge >= 0.3 is 6.09 Å². The topological polar surface area (TPSA) is 59.1 Å². The average Bonchev–Trinajstić information content (AvgIpc) is 2.53. The Morgan fingerprint density at radius 3 is 2.46 bits per heavy atom. The van der Waals surface area contributed by atoms with Crippen LogP contribution in [0, 0.1) is 0 Å². The van der Waals surface area contributed by atoms with Crippen LogP contribution in [0.25, 0.3) is 0 Å². The molecule has 0 N–H and O–H groups in total. The molecule has 0 radical (unpaired) electrons. The van der Waals surface area contributed by atoms with Gasteiger partial charge in [0.15, 0.2) is 0 Å². The predicted octanol–water partition coefficient (Wildman–Crippen LogP) is 3.23. The van der Waals surface area contributed by atoms with E-state index in [1.165, 1.54) is 4.90 Å². The molecule has 0 aromatic heterocycles. The molecule has 1 unspecified atom stereocenters. The van der Waals surface area contributed by atoms with Gasteiger partial charge < -0.3 is 19.3 Å². The Balaban J connectivity index is 2.06. The van der Waals surface area contributed by atoms with Crippen LogP contribution in [0.1, 0.15) is 46.3 Å². The van der Waals surface area contributed by atoms with Crippen molar-refractivity contribution >= 4 is 12.0 Å². The second kappa shape index (κ2) is 7.66. The highest BCUT2D eigenvalue weighted by Gasteiger charge is 2.39. The van der Waals surface area contributed by atoms with Gasteiger partial charge in [-0.25, -0.2) is 4.79 Å². The van der Waals surface area contributed by atoms with Crippen LogP contribution in [-0.2, 0) is 14.3 Å². The van der Waals surface area contributed by atoms with Gasteiger partial charge in [-0.2, -0.15) is 0 Å². The molecule has 1 fully saturated rings. The van der Waals surface area contributed by atoms with Crippen molar-refractivity contribution in [2.45, 2.75) is 51.9 Å². The summed E-state index contributed by atoms with van der Waals surface area (Å²) in [4.78, 5) is 28.1. The second-order valence-electron chi connectivity index (χ2n) is 8.36. The minimum absolute atomic E-state index is 0.0279. The summed E-state index contributed by atoms with van der Waals surface area (Å²) in [5, 5.41) is 0. The molecule has 6 heteroatoms. The van der Waals surface area contributed by atoms with Crippen LogP contribution in [0.4, 0.5) is 4.79 Å². The molecule has 2 amide bonds. The highest BCUT2D eigenvalue weighted by molar-refractivity contribution is 5.83. The van der Waals surface area contributed by atoms with Crippen molar-refractivity contribution in [1.29, 1.82) is 0 Å². The Bertz CT molecular complexity index is 637. The zero-order valence-corrected chi connectivity index (χ0v) is 16.6. The number of amides is 2. The molecule has 1 saturated heterocycles. The summed E-state index contributed by atoms with van der Waals surface area (Å²) >= 11 is 0. The number of hydrogen-bond donors (Lipinski definition) is 0. The molecule has 1 aliphatic rings. The fourth-order valence-corrected chi connectivity index (χ4v) is 2.85. The van der Waals surface area contributed by atoms with Crippen molar-refractivity contribution in [3.8, 4) is 0 Å². The van der Waals surface area contributed by atoms with E-state index in [0.717, 1.165) is 5.56 Å². The fourth-order valence-electron chi connectivity index (χ4n) is 2.85. The summed E-state index contributed by atoms with van der Waals surface area (Å²) in [5.74, 6) is -0.118. The van der Waals surface area contributed by atoms with Crippen molar-refractivity contribution in [1.82, 2.24) is 9.80 Å². The van der Waals surface area contributed by atoms with Gasteiger partial charge in [-0.1, -0.05) is 30.3 Å². The summed E-state index contributed by atoms with van der Waals surface area (Å²) < 4.78 is 11.3. The molecule has 1 atom stereocenters. The number of hydrogen-bond acceptors (Lipinski definition) is 4. The maximum Gasteiger partial charge on any atom is 0.410 e. The summed E-state index contributed by atoms with van der Waals surface area (Å²) in [6.45, 7) is 10.2. The quantitative estimate of drug-likeness (QED) is 0.828. The smallest absolute Gasteiger partial charge is 0.410 e. The van der Waals surface area contributed by atoms with Gasteiger partial charge in [0.1, 0.15) is 18.2 Å². The summed E-state index contributed by atoms with van der Waals surface area (Å²) in [7, 11) is 1.58. The van der Waals surface area contributed by atoms with Crippen molar-refractivity contribution in [2.24, 2.45) is 0 Å². The minimum Gasteiger partial charge on any atom is -0.444 e. The highest BCUT2D eigenvalue weighted by atomic mass is 16.6. The van der Waals surface area contributed by atoms with Gasteiger partial charge in [0.2, 0.25) is 5.91 Å². The highest BCUT2D eigenvalue weighted by Crippen LogP contribution is 2.30. The second-order valence-corrected chi connectivity index (χ2v) is 8.36. The first-order valence-corrected chi connectivity index (χ1v) is 8.91. The van der Waals surface area contributed by atoms with Crippen LogP contribution in [0.2, 0.25) is 0 Å². The molecule has 1 aliphatic heterocycles. The standard InChI is InChI=1S/C20H30N2O4/c1-19(2,3)26-18(24)21(6)13-17(23)22-12-16(25-14-20(22,4)5)15-10-8-7-9-11-15/h7-11,16H,12-14H2,1-6H3. The number of carbonyl (C=O) groups is 2. The lowest BCUT2D eigenvalue weighted by molar-refractivity contribution is -0.155. The van der Waals surface area contributed by atoms with Gasteiger partial charge in [0.25, 0.3) is 0 Å². The molecule has 0 saturated carbocycles. The number of morpholine rings is 1. The molecule has 1 aromatic carbocycles. The third-order valence-corrected chi connectivity index (χ3v) is 4.27. The predicted molar refractivity (Wildman–Crippen MR) is 99.8 cm³/mol. The molecule has 26 heavy (non-hydrogen) atoms. The van der Waals surface area contributed by atoms with Gasteiger partial charge in [-0.15, -0.1) is 0 Å². The van der Waals surface area contributed by atoms with E-state index in [2.05, 4.69) is 0 Å². The van der Waals surface area contributed by atoms with E-state index >= 15 is 0 Å². The van der Waals surface area contributed by atoms with Crippen molar-refractivity contribution < 1.29 is 19.1 Å².